The average Bonchev–Trinajstić information content (AvgIpc) is 2.85. The standard InChI is InChI=1S/C26H35ClN4O/c1-28-24(20-21-8-10-23(27)11-9-21)25(32)30-16-18-31(19-17-30)26(12-14-29(2)15-13-26)22-6-4-3-5-7-22/h3-11,24,28H,12-20H2,1-2H3/t24-/m1/s1. The minimum Gasteiger partial charge on any atom is -0.339 e. The van der Waals surface area contributed by atoms with E-state index in [1.807, 2.05) is 36.2 Å². The van der Waals surface area contributed by atoms with Crippen molar-refractivity contribution in [2.45, 2.75) is 30.8 Å². The van der Waals surface area contributed by atoms with Crippen LogP contribution in [0.2, 0.25) is 5.02 Å². The van der Waals surface area contributed by atoms with Crippen molar-refractivity contribution < 1.29 is 4.79 Å². The zero-order valence-corrected chi connectivity index (χ0v) is 20.0. The molecule has 0 radical (unpaired) electrons. The molecule has 2 heterocycles. The average molecular weight is 455 g/mol. The maximum atomic E-state index is 13.3. The number of nitrogens with zero attached hydrogens (tertiary/aromatic N) is 3. The second-order valence-corrected chi connectivity index (χ2v) is 9.62. The maximum absolute atomic E-state index is 13.3. The minimum atomic E-state index is -0.214. The molecule has 0 aromatic heterocycles. The number of halogens is 1. The topological polar surface area (TPSA) is 38.8 Å². The molecule has 2 saturated heterocycles. The lowest BCUT2D eigenvalue weighted by Crippen LogP contribution is -2.60. The van der Waals surface area contributed by atoms with Crippen molar-refractivity contribution in [1.82, 2.24) is 20.0 Å². The Morgan fingerprint density at radius 1 is 0.969 bits per heavy atom. The van der Waals surface area contributed by atoms with Gasteiger partial charge in [-0.25, -0.2) is 0 Å². The number of piperazine rings is 1. The van der Waals surface area contributed by atoms with Crippen molar-refractivity contribution in [2.24, 2.45) is 0 Å². The van der Waals surface area contributed by atoms with Crippen LogP contribution in [0.3, 0.4) is 0 Å². The van der Waals surface area contributed by atoms with Crippen LogP contribution in [0.1, 0.15) is 24.0 Å². The van der Waals surface area contributed by atoms with E-state index in [2.05, 4.69) is 52.5 Å². The number of rotatable bonds is 6. The fourth-order valence-electron chi connectivity index (χ4n) is 5.27. The molecule has 1 atom stereocenters. The second kappa shape index (κ2) is 10.3. The van der Waals surface area contributed by atoms with Gasteiger partial charge >= 0.3 is 0 Å². The van der Waals surface area contributed by atoms with Gasteiger partial charge in [-0.05, 0) is 69.7 Å². The van der Waals surface area contributed by atoms with Gasteiger partial charge in [0.2, 0.25) is 5.91 Å². The molecule has 0 spiro atoms. The smallest absolute Gasteiger partial charge is 0.240 e. The van der Waals surface area contributed by atoms with E-state index in [9.17, 15) is 4.79 Å². The first-order valence-electron chi connectivity index (χ1n) is 11.7. The summed E-state index contributed by atoms with van der Waals surface area (Å²) in [5, 5.41) is 3.95. The number of likely N-dealkylation sites (tertiary alicyclic amines) is 1. The summed E-state index contributed by atoms with van der Waals surface area (Å²) in [4.78, 5) is 20.4. The molecular formula is C26H35ClN4O. The number of amides is 1. The largest absolute Gasteiger partial charge is 0.339 e. The van der Waals surface area contributed by atoms with Crippen molar-refractivity contribution in [3.05, 3.63) is 70.7 Å². The normalized spacial score (nSPS) is 20.8. The van der Waals surface area contributed by atoms with E-state index in [-0.39, 0.29) is 17.5 Å². The molecule has 5 nitrogen and oxygen atoms in total. The molecule has 0 saturated carbocycles. The second-order valence-electron chi connectivity index (χ2n) is 9.19. The molecule has 6 heteroatoms. The Hall–Kier alpha value is -1.92. The maximum Gasteiger partial charge on any atom is 0.240 e. The summed E-state index contributed by atoms with van der Waals surface area (Å²) in [6.45, 7) is 5.61. The lowest BCUT2D eigenvalue weighted by atomic mass is 9.79. The molecule has 2 aromatic carbocycles. The fourth-order valence-corrected chi connectivity index (χ4v) is 5.39. The van der Waals surface area contributed by atoms with Gasteiger partial charge in [-0.3, -0.25) is 9.69 Å². The summed E-state index contributed by atoms with van der Waals surface area (Å²) < 4.78 is 0. The van der Waals surface area contributed by atoms with E-state index in [4.69, 9.17) is 11.6 Å². The van der Waals surface area contributed by atoms with E-state index in [0.29, 0.717) is 6.42 Å². The van der Waals surface area contributed by atoms with Crippen molar-refractivity contribution in [3.8, 4) is 0 Å². The Balaban J connectivity index is 1.42. The third-order valence-electron chi connectivity index (χ3n) is 7.32. The molecule has 2 aliphatic rings. The number of carbonyl (C=O) groups is 1. The van der Waals surface area contributed by atoms with E-state index in [0.717, 1.165) is 62.7 Å². The van der Waals surface area contributed by atoms with Gasteiger partial charge in [-0.2, -0.15) is 0 Å². The lowest BCUT2D eigenvalue weighted by molar-refractivity contribution is -0.136. The van der Waals surface area contributed by atoms with E-state index in [1.165, 1.54) is 5.56 Å². The molecular weight excluding hydrogens is 420 g/mol. The van der Waals surface area contributed by atoms with Crippen LogP contribution < -0.4 is 5.32 Å². The Morgan fingerprint density at radius 3 is 2.19 bits per heavy atom. The molecule has 2 aromatic rings. The number of hydrogen-bond donors (Lipinski definition) is 1. The molecule has 2 fully saturated rings. The summed E-state index contributed by atoms with van der Waals surface area (Å²) in [6.07, 6.45) is 2.95. The van der Waals surface area contributed by atoms with Gasteiger partial charge in [0.05, 0.1) is 6.04 Å². The van der Waals surface area contributed by atoms with Crippen molar-refractivity contribution in [1.29, 1.82) is 0 Å². The van der Waals surface area contributed by atoms with E-state index in [1.54, 1.807) is 0 Å². The zero-order valence-electron chi connectivity index (χ0n) is 19.3. The first-order chi connectivity index (χ1) is 15.5. The quantitative estimate of drug-likeness (QED) is 0.727. The van der Waals surface area contributed by atoms with Gasteiger partial charge in [0.15, 0.2) is 0 Å². The summed E-state index contributed by atoms with van der Waals surface area (Å²) in [5.41, 5.74) is 2.62. The Labute approximate surface area is 197 Å². The van der Waals surface area contributed by atoms with Crippen molar-refractivity contribution in [2.75, 3.05) is 53.4 Å². The summed E-state index contributed by atoms with van der Waals surface area (Å²) in [6, 6.07) is 18.5. The first kappa shape index (κ1) is 23.2. The SMILES string of the molecule is CN[C@H](Cc1ccc(Cl)cc1)C(=O)N1CCN(C2(c3ccccc3)CCN(C)CC2)CC1. The zero-order chi connectivity index (χ0) is 22.6. The number of carbonyl (C=O) groups excluding carboxylic acids is 1. The van der Waals surface area contributed by atoms with Gasteiger partial charge in [0.1, 0.15) is 0 Å². The highest BCUT2D eigenvalue weighted by Gasteiger charge is 2.42. The number of benzene rings is 2. The number of piperidine rings is 1. The minimum absolute atomic E-state index is 0.0780. The van der Waals surface area contributed by atoms with Gasteiger partial charge in [0, 0.05) is 36.7 Å². The van der Waals surface area contributed by atoms with Gasteiger partial charge in [-0.15, -0.1) is 0 Å². The Bertz CT molecular complexity index is 872. The third kappa shape index (κ3) is 5.01. The molecule has 172 valence electrons. The highest BCUT2D eigenvalue weighted by molar-refractivity contribution is 6.30. The van der Waals surface area contributed by atoms with Crippen molar-refractivity contribution >= 4 is 17.5 Å². The van der Waals surface area contributed by atoms with E-state index >= 15 is 0 Å². The number of nitrogens with one attached hydrogen (secondary N) is 1. The molecule has 4 rings (SSSR count). The molecule has 0 bridgehead atoms. The van der Waals surface area contributed by atoms with Gasteiger partial charge < -0.3 is 15.1 Å². The lowest BCUT2D eigenvalue weighted by Gasteiger charge is -2.51. The first-order valence-corrected chi connectivity index (χ1v) is 12.1. The summed E-state index contributed by atoms with van der Waals surface area (Å²) >= 11 is 6.01. The van der Waals surface area contributed by atoms with Crippen LogP contribution in [0.4, 0.5) is 0 Å². The van der Waals surface area contributed by atoms with Gasteiger partial charge in [0.25, 0.3) is 0 Å². The Morgan fingerprint density at radius 2 is 1.59 bits per heavy atom. The van der Waals surface area contributed by atoms with Crippen LogP contribution in [0.15, 0.2) is 54.6 Å². The van der Waals surface area contributed by atoms with E-state index < -0.39 is 0 Å². The molecule has 1 N–H and O–H groups in total. The van der Waals surface area contributed by atoms with Gasteiger partial charge in [-0.1, -0.05) is 54.1 Å². The van der Waals surface area contributed by atoms with Crippen LogP contribution in [0, 0.1) is 0 Å². The highest BCUT2D eigenvalue weighted by atomic mass is 35.5. The number of likely N-dealkylation sites (N-methyl/N-ethyl adjacent to an activating group) is 1. The molecule has 0 unspecified atom stereocenters. The fraction of sp³-hybridized carbons (Fsp3) is 0.500. The predicted octanol–water partition coefficient (Wildman–Crippen LogP) is 3.24. The molecule has 2 aliphatic heterocycles. The third-order valence-corrected chi connectivity index (χ3v) is 7.57. The molecule has 0 aliphatic carbocycles. The molecule has 32 heavy (non-hydrogen) atoms. The Kier molecular flexibility index (Phi) is 7.51. The summed E-state index contributed by atoms with van der Waals surface area (Å²) in [5.74, 6) is 0.194. The molecule has 1 amide bonds. The summed E-state index contributed by atoms with van der Waals surface area (Å²) in [7, 11) is 4.09. The highest BCUT2D eigenvalue weighted by Crippen LogP contribution is 2.39. The predicted molar refractivity (Wildman–Crippen MR) is 131 cm³/mol. The van der Waals surface area contributed by atoms with Crippen LogP contribution in [0.5, 0.6) is 0 Å². The van der Waals surface area contributed by atoms with Crippen molar-refractivity contribution in [3.63, 3.8) is 0 Å². The van der Waals surface area contributed by atoms with Crippen LogP contribution in [-0.4, -0.2) is 80.0 Å². The monoisotopic (exact) mass is 454 g/mol. The number of hydrogen-bond acceptors (Lipinski definition) is 4. The van der Waals surface area contributed by atoms with Crippen LogP contribution in [-0.2, 0) is 16.8 Å². The van der Waals surface area contributed by atoms with Crippen LogP contribution >= 0.6 is 11.6 Å². The van der Waals surface area contributed by atoms with Crippen LogP contribution in [0.25, 0.3) is 0 Å².